The molecule has 1 unspecified atom stereocenters. The number of rotatable bonds is 6. The van der Waals surface area contributed by atoms with Gasteiger partial charge in [-0.05, 0) is 38.0 Å². The zero-order valence-corrected chi connectivity index (χ0v) is 13.2. The molecule has 116 valence electrons. The third-order valence-corrected chi connectivity index (χ3v) is 5.14. The van der Waals surface area contributed by atoms with Crippen molar-refractivity contribution in [2.45, 2.75) is 53.4 Å². The molecule has 20 heavy (non-hydrogen) atoms. The van der Waals surface area contributed by atoms with Gasteiger partial charge in [-0.1, -0.05) is 20.8 Å². The Balaban J connectivity index is 2.55. The van der Waals surface area contributed by atoms with E-state index >= 15 is 0 Å². The van der Waals surface area contributed by atoms with Gasteiger partial charge in [0.25, 0.3) is 0 Å². The summed E-state index contributed by atoms with van der Waals surface area (Å²) in [6.45, 7) is 9.63. The van der Waals surface area contributed by atoms with Crippen LogP contribution in [-0.4, -0.2) is 41.6 Å². The molecule has 1 saturated heterocycles. The number of carboxylic acids is 1. The largest absolute Gasteiger partial charge is 0.481 e. The fourth-order valence-electron chi connectivity index (χ4n) is 2.81. The minimum Gasteiger partial charge on any atom is -0.481 e. The Morgan fingerprint density at radius 2 is 1.80 bits per heavy atom. The third kappa shape index (κ3) is 3.44. The first-order valence-corrected chi connectivity index (χ1v) is 7.58. The van der Waals surface area contributed by atoms with Crippen LogP contribution < -0.4 is 5.32 Å². The number of hydrogen-bond acceptors (Lipinski definition) is 2. The van der Waals surface area contributed by atoms with E-state index in [1.54, 1.807) is 11.8 Å². The first-order chi connectivity index (χ1) is 9.32. The van der Waals surface area contributed by atoms with Crippen molar-refractivity contribution in [1.29, 1.82) is 0 Å². The quantitative estimate of drug-likeness (QED) is 0.788. The zero-order chi connectivity index (χ0) is 15.4. The molecule has 1 heterocycles. The van der Waals surface area contributed by atoms with E-state index in [1.807, 2.05) is 0 Å². The Kier molecular flexibility index (Phi) is 5.42. The van der Waals surface area contributed by atoms with E-state index in [0.717, 1.165) is 19.3 Å². The highest BCUT2D eigenvalue weighted by Crippen LogP contribution is 2.31. The maximum atomic E-state index is 12.2. The molecule has 0 aliphatic carbocycles. The number of likely N-dealkylation sites (tertiary alicyclic amines) is 1. The SMILES string of the molecule is CCC(CC)(CC)CNC(=O)N1CCC(C)(C(=O)O)C1. The van der Waals surface area contributed by atoms with Gasteiger partial charge < -0.3 is 15.3 Å². The highest BCUT2D eigenvalue weighted by Gasteiger charge is 2.42. The van der Waals surface area contributed by atoms with Crippen LogP contribution in [0.1, 0.15) is 53.4 Å². The fourth-order valence-corrected chi connectivity index (χ4v) is 2.81. The number of carbonyl (C=O) groups is 2. The first-order valence-electron chi connectivity index (χ1n) is 7.58. The summed E-state index contributed by atoms with van der Waals surface area (Å²) in [5.41, 5.74) is -0.639. The molecule has 0 aromatic heterocycles. The number of carbonyl (C=O) groups excluding carboxylic acids is 1. The number of carboxylic acid groups (broad SMARTS) is 1. The third-order valence-electron chi connectivity index (χ3n) is 5.14. The van der Waals surface area contributed by atoms with Crippen LogP contribution in [0.4, 0.5) is 4.79 Å². The molecule has 1 atom stereocenters. The summed E-state index contributed by atoms with van der Waals surface area (Å²) in [5.74, 6) is -0.821. The monoisotopic (exact) mass is 284 g/mol. The van der Waals surface area contributed by atoms with Crippen LogP contribution in [0.15, 0.2) is 0 Å². The lowest BCUT2D eigenvalue weighted by molar-refractivity contribution is -0.147. The highest BCUT2D eigenvalue weighted by molar-refractivity contribution is 5.79. The van der Waals surface area contributed by atoms with Gasteiger partial charge in [0, 0.05) is 19.6 Å². The molecule has 1 fully saturated rings. The predicted octanol–water partition coefficient (Wildman–Crippen LogP) is 2.71. The van der Waals surface area contributed by atoms with Crippen molar-refractivity contribution in [3.63, 3.8) is 0 Å². The normalized spacial score (nSPS) is 22.9. The van der Waals surface area contributed by atoms with Gasteiger partial charge in [-0.25, -0.2) is 4.79 Å². The molecule has 0 radical (unpaired) electrons. The van der Waals surface area contributed by atoms with E-state index in [2.05, 4.69) is 26.1 Å². The molecule has 0 aromatic rings. The lowest BCUT2D eigenvalue weighted by Crippen LogP contribution is -2.45. The van der Waals surface area contributed by atoms with E-state index in [4.69, 9.17) is 0 Å². The number of nitrogens with zero attached hydrogens (tertiary/aromatic N) is 1. The summed E-state index contributed by atoms with van der Waals surface area (Å²) in [4.78, 5) is 25.0. The van der Waals surface area contributed by atoms with Gasteiger partial charge in [0.1, 0.15) is 0 Å². The fraction of sp³-hybridized carbons (Fsp3) is 0.867. The van der Waals surface area contributed by atoms with Gasteiger partial charge in [-0.2, -0.15) is 0 Å². The summed E-state index contributed by atoms with van der Waals surface area (Å²) in [7, 11) is 0. The number of urea groups is 1. The van der Waals surface area contributed by atoms with Crippen LogP contribution in [0.3, 0.4) is 0 Å². The average molecular weight is 284 g/mol. The standard InChI is InChI=1S/C15H28N2O3/c1-5-15(6-2,7-3)10-16-13(20)17-9-8-14(4,11-17)12(18)19/h5-11H2,1-4H3,(H,16,20)(H,18,19). The second kappa shape index (κ2) is 6.46. The van der Waals surface area contributed by atoms with Crippen LogP contribution in [-0.2, 0) is 4.79 Å². The summed E-state index contributed by atoms with van der Waals surface area (Å²) in [6, 6.07) is -0.130. The van der Waals surface area contributed by atoms with E-state index in [9.17, 15) is 14.7 Å². The second-order valence-corrected chi connectivity index (χ2v) is 6.26. The Morgan fingerprint density at radius 3 is 2.20 bits per heavy atom. The molecular formula is C15H28N2O3. The molecule has 1 aliphatic rings. The van der Waals surface area contributed by atoms with Crippen molar-refractivity contribution in [1.82, 2.24) is 10.2 Å². The van der Waals surface area contributed by atoms with E-state index < -0.39 is 11.4 Å². The number of hydrogen-bond donors (Lipinski definition) is 2. The smallest absolute Gasteiger partial charge is 0.317 e. The molecule has 0 bridgehead atoms. The van der Waals surface area contributed by atoms with Crippen LogP contribution in [0.2, 0.25) is 0 Å². The van der Waals surface area contributed by atoms with Gasteiger partial charge in [0.2, 0.25) is 0 Å². The van der Waals surface area contributed by atoms with E-state index in [0.29, 0.717) is 26.1 Å². The van der Waals surface area contributed by atoms with Crippen molar-refractivity contribution < 1.29 is 14.7 Å². The maximum absolute atomic E-state index is 12.2. The highest BCUT2D eigenvalue weighted by atomic mass is 16.4. The molecule has 5 heteroatoms. The summed E-state index contributed by atoms with van der Waals surface area (Å²) in [6.07, 6.45) is 3.63. The summed E-state index contributed by atoms with van der Waals surface area (Å²) < 4.78 is 0. The van der Waals surface area contributed by atoms with Crippen LogP contribution in [0, 0.1) is 10.8 Å². The first kappa shape index (κ1) is 16.8. The van der Waals surface area contributed by atoms with Gasteiger partial charge in [0.15, 0.2) is 0 Å². The Hall–Kier alpha value is -1.26. The van der Waals surface area contributed by atoms with Crippen molar-refractivity contribution in [2.24, 2.45) is 10.8 Å². The molecule has 5 nitrogen and oxygen atoms in total. The summed E-state index contributed by atoms with van der Waals surface area (Å²) >= 11 is 0. The van der Waals surface area contributed by atoms with E-state index in [-0.39, 0.29) is 11.4 Å². The number of nitrogens with one attached hydrogen (secondary N) is 1. The van der Waals surface area contributed by atoms with Gasteiger partial charge in [-0.3, -0.25) is 4.79 Å². The molecule has 1 aliphatic heterocycles. The zero-order valence-electron chi connectivity index (χ0n) is 13.2. The minimum atomic E-state index is -0.821. The van der Waals surface area contributed by atoms with E-state index in [1.165, 1.54) is 0 Å². The van der Waals surface area contributed by atoms with Gasteiger partial charge >= 0.3 is 12.0 Å². The molecule has 0 saturated carbocycles. The van der Waals surface area contributed by atoms with Crippen molar-refractivity contribution in [2.75, 3.05) is 19.6 Å². The lowest BCUT2D eigenvalue weighted by Gasteiger charge is -2.31. The molecule has 2 N–H and O–H groups in total. The van der Waals surface area contributed by atoms with Gasteiger partial charge in [-0.15, -0.1) is 0 Å². The molecule has 0 spiro atoms. The number of aliphatic carboxylic acids is 1. The Bertz CT molecular complexity index is 358. The number of amides is 2. The molecular weight excluding hydrogens is 256 g/mol. The van der Waals surface area contributed by atoms with Gasteiger partial charge in [0.05, 0.1) is 5.41 Å². The van der Waals surface area contributed by atoms with Crippen molar-refractivity contribution in [3.05, 3.63) is 0 Å². The summed E-state index contributed by atoms with van der Waals surface area (Å²) in [5, 5.41) is 12.2. The molecule has 1 rings (SSSR count). The topological polar surface area (TPSA) is 69.6 Å². The second-order valence-electron chi connectivity index (χ2n) is 6.26. The molecule has 0 aromatic carbocycles. The predicted molar refractivity (Wildman–Crippen MR) is 78.6 cm³/mol. The van der Waals surface area contributed by atoms with Crippen LogP contribution >= 0.6 is 0 Å². The average Bonchev–Trinajstić information content (AvgIpc) is 2.85. The van der Waals surface area contributed by atoms with Crippen LogP contribution in [0.5, 0.6) is 0 Å². The Labute approximate surface area is 121 Å². The lowest BCUT2D eigenvalue weighted by atomic mass is 9.80. The maximum Gasteiger partial charge on any atom is 0.317 e. The minimum absolute atomic E-state index is 0.130. The van der Waals surface area contributed by atoms with Crippen molar-refractivity contribution >= 4 is 12.0 Å². The Morgan fingerprint density at radius 1 is 1.25 bits per heavy atom. The van der Waals surface area contributed by atoms with Crippen LogP contribution in [0.25, 0.3) is 0 Å². The molecule has 2 amide bonds. The van der Waals surface area contributed by atoms with Crippen molar-refractivity contribution in [3.8, 4) is 0 Å².